The van der Waals surface area contributed by atoms with E-state index in [0.717, 1.165) is 6.07 Å². The number of nitrogens with zero attached hydrogens (tertiary/aromatic N) is 2. The van der Waals surface area contributed by atoms with E-state index >= 15 is 0 Å². The van der Waals surface area contributed by atoms with Crippen molar-refractivity contribution in [3.05, 3.63) is 21.3 Å². The van der Waals surface area contributed by atoms with Crippen LogP contribution in [0.1, 0.15) is 5.56 Å². The van der Waals surface area contributed by atoms with E-state index in [-0.39, 0.29) is 15.2 Å². The van der Waals surface area contributed by atoms with Gasteiger partial charge in [-0.3, -0.25) is 0 Å². The van der Waals surface area contributed by atoms with Crippen molar-refractivity contribution >= 4 is 27.5 Å². The van der Waals surface area contributed by atoms with Gasteiger partial charge in [-0.05, 0) is 15.9 Å². The number of pyridine rings is 1. The second-order valence-corrected chi connectivity index (χ2v) is 3.48. The van der Waals surface area contributed by atoms with Gasteiger partial charge in [-0.1, -0.05) is 11.6 Å². The van der Waals surface area contributed by atoms with Gasteiger partial charge in [-0.25, -0.2) is 0 Å². The van der Waals surface area contributed by atoms with Crippen molar-refractivity contribution in [1.82, 2.24) is 4.98 Å². The maximum Gasteiger partial charge on any atom is 0.574 e. The summed E-state index contributed by atoms with van der Waals surface area (Å²) in [7, 11) is 0. The molecule has 0 fully saturated rings. The van der Waals surface area contributed by atoms with Crippen molar-refractivity contribution in [3.8, 4) is 11.9 Å². The molecule has 0 aliphatic rings. The normalized spacial score (nSPS) is 10.9. The lowest BCUT2D eigenvalue weighted by Gasteiger charge is -2.08. The topological polar surface area (TPSA) is 45.9 Å². The van der Waals surface area contributed by atoms with Crippen LogP contribution in [0.15, 0.2) is 10.5 Å². The molecule has 0 unspecified atom stereocenters. The highest BCUT2D eigenvalue weighted by atomic mass is 79.9. The molecule has 1 aromatic rings. The van der Waals surface area contributed by atoms with E-state index in [2.05, 4.69) is 25.7 Å². The molecule has 15 heavy (non-hydrogen) atoms. The SMILES string of the molecule is N#Cc1c(Br)cc(OC(F)(F)F)nc1Cl. The standard InChI is InChI=1S/C7HBrClF3N2O/c8-4-1-5(15-7(10,11)12)14-6(9)3(4)2-13/h1H. The second-order valence-electron chi connectivity index (χ2n) is 2.27. The first-order valence-electron chi connectivity index (χ1n) is 3.35. The number of aromatic nitrogens is 1. The maximum atomic E-state index is 11.8. The molecule has 0 amide bonds. The van der Waals surface area contributed by atoms with Crippen LogP contribution in [0.25, 0.3) is 0 Å². The molecule has 1 aromatic heterocycles. The largest absolute Gasteiger partial charge is 0.574 e. The van der Waals surface area contributed by atoms with E-state index in [9.17, 15) is 13.2 Å². The first kappa shape index (κ1) is 12.1. The molecule has 3 nitrogen and oxygen atoms in total. The van der Waals surface area contributed by atoms with Gasteiger partial charge in [0.1, 0.15) is 11.6 Å². The van der Waals surface area contributed by atoms with Gasteiger partial charge in [0.05, 0.1) is 0 Å². The third-order valence-electron chi connectivity index (χ3n) is 1.24. The summed E-state index contributed by atoms with van der Waals surface area (Å²) in [6.45, 7) is 0. The smallest absolute Gasteiger partial charge is 0.388 e. The van der Waals surface area contributed by atoms with Crippen LogP contribution in [-0.4, -0.2) is 11.3 Å². The van der Waals surface area contributed by atoms with Crippen molar-refractivity contribution in [3.63, 3.8) is 0 Å². The zero-order valence-electron chi connectivity index (χ0n) is 6.77. The maximum absolute atomic E-state index is 11.8. The monoisotopic (exact) mass is 300 g/mol. The Labute approximate surface area is 95.6 Å². The number of nitriles is 1. The van der Waals surface area contributed by atoms with E-state index < -0.39 is 12.2 Å². The minimum Gasteiger partial charge on any atom is -0.388 e. The highest BCUT2D eigenvalue weighted by Crippen LogP contribution is 2.29. The second kappa shape index (κ2) is 4.24. The van der Waals surface area contributed by atoms with E-state index in [1.54, 1.807) is 6.07 Å². The third kappa shape index (κ3) is 3.25. The zero-order valence-corrected chi connectivity index (χ0v) is 9.11. The van der Waals surface area contributed by atoms with Gasteiger partial charge in [0.15, 0.2) is 5.15 Å². The molecule has 80 valence electrons. The molecular formula is C7HBrClF3N2O. The van der Waals surface area contributed by atoms with Crippen molar-refractivity contribution in [2.45, 2.75) is 6.36 Å². The van der Waals surface area contributed by atoms with E-state index in [4.69, 9.17) is 16.9 Å². The summed E-state index contributed by atoms with van der Waals surface area (Å²) in [5.41, 5.74) is -0.0498. The summed E-state index contributed by atoms with van der Waals surface area (Å²) in [5, 5.41) is 8.20. The van der Waals surface area contributed by atoms with E-state index in [0.29, 0.717) is 0 Å². The number of hydrogen-bond acceptors (Lipinski definition) is 3. The number of rotatable bonds is 1. The summed E-state index contributed by atoms with van der Waals surface area (Å²) in [5.74, 6) is -0.724. The van der Waals surface area contributed by atoms with Crippen LogP contribution >= 0.6 is 27.5 Å². The fourth-order valence-corrected chi connectivity index (χ4v) is 1.55. The predicted octanol–water partition coefficient (Wildman–Crippen LogP) is 3.27. The van der Waals surface area contributed by atoms with Crippen molar-refractivity contribution in [2.24, 2.45) is 0 Å². The molecule has 1 heterocycles. The molecule has 0 radical (unpaired) electrons. The Morgan fingerprint density at radius 2 is 2.13 bits per heavy atom. The number of hydrogen-bond donors (Lipinski definition) is 0. The number of halogens is 5. The average molecular weight is 301 g/mol. The third-order valence-corrected chi connectivity index (χ3v) is 2.13. The molecule has 0 saturated heterocycles. The highest BCUT2D eigenvalue weighted by Gasteiger charge is 2.32. The number of alkyl halides is 3. The Balaban J connectivity index is 3.11. The van der Waals surface area contributed by atoms with Crippen LogP contribution in [0.2, 0.25) is 5.15 Å². The van der Waals surface area contributed by atoms with Crippen molar-refractivity contribution in [2.75, 3.05) is 0 Å². The molecule has 1 rings (SSSR count). The van der Waals surface area contributed by atoms with Crippen LogP contribution in [0.5, 0.6) is 5.88 Å². The molecule has 8 heteroatoms. The molecule has 0 aliphatic carbocycles. The lowest BCUT2D eigenvalue weighted by molar-refractivity contribution is -0.276. The van der Waals surface area contributed by atoms with Gasteiger partial charge < -0.3 is 4.74 Å². The Kier molecular flexibility index (Phi) is 3.42. The van der Waals surface area contributed by atoms with Crippen LogP contribution < -0.4 is 4.74 Å². The molecule has 0 saturated carbocycles. The molecule has 0 atom stereocenters. The van der Waals surface area contributed by atoms with Crippen LogP contribution in [0.4, 0.5) is 13.2 Å². The zero-order chi connectivity index (χ0) is 11.6. The Morgan fingerprint density at radius 3 is 2.53 bits per heavy atom. The predicted molar refractivity (Wildman–Crippen MR) is 48.3 cm³/mol. The fraction of sp³-hybridized carbons (Fsp3) is 0.143. The van der Waals surface area contributed by atoms with E-state index in [1.807, 2.05) is 0 Å². The molecular weight excluding hydrogens is 300 g/mol. The summed E-state index contributed by atoms with van der Waals surface area (Å²) < 4.78 is 39.0. The molecule has 0 aliphatic heterocycles. The van der Waals surface area contributed by atoms with Gasteiger partial charge in [0.25, 0.3) is 0 Å². The minimum atomic E-state index is -4.84. The quantitative estimate of drug-likeness (QED) is 0.748. The lowest BCUT2D eigenvalue weighted by atomic mass is 10.3. The summed E-state index contributed by atoms with van der Waals surface area (Å²) in [6, 6.07) is 2.59. The van der Waals surface area contributed by atoms with Gasteiger partial charge in [0.2, 0.25) is 5.88 Å². The fourth-order valence-electron chi connectivity index (χ4n) is 0.734. The summed E-state index contributed by atoms with van der Waals surface area (Å²) >= 11 is 8.32. The van der Waals surface area contributed by atoms with Crippen LogP contribution in [0.3, 0.4) is 0 Å². The van der Waals surface area contributed by atoms with Crippen LogP contribution in [0, 0.1) is 11.3 Å². The lowest BCUT2D eigenvalue weighted by Crippen LogP contribution is -2.18. The first-order chi connectivity index (χ1) is 6.83. The van der Waals surface area contributed by atoms with Gasteiger partial charge >= 0.3 is 6.36 Å². The van der Waals surface area contributed by atoms with Gasteiger partial charge in [-0.15, -0.1) is 13.2 Å². The highest BCUT2D eigenvalue weighted by molar-refractivity contribution is 9.10. The van der Waals surface area contributed by atoms with E-state index in [1.165, 1.54) is 0 Å². The molecule has 0 bridgehead atoms. The van der Waals surface area contributed by atoms with Crippen LogP contribution in [-0.2, 0) is 0 Å². The summed E-state index contributed by atoms with van der Waals surface area (Å²) in [4.78, 5) is 3.26. The van der Waals surface area contributed by atoms with Crippen molar-refractivity contribution in [1.29, 1.82) is 5.26 Å². The number of ether oxygens (including phenoxy) is 1. The van der Waals surface area contributed by atoms with Gasteiger partial charge in [-0.2, -0.15) is 10.2 Å². The Bertz CT molecular complexity index is 406. The van der Waals surface area contributed by atoms with Crippen molar-refractivity contribution < 1.29 is 17.9 Å². The minimum absolute atomic E-state index is 0.0498. The Morgan fingerprint density at radius 1 is 1.53 bits per heavy atom. The molecule has 0 N–H and O–H groups in total. The first-order valence-corrected chi connectivity index (χ1v) is 4.52. The molecule has 0 aromatic carbocycles. The van der Waals surface area contributed by atoms with Gasteiger partial charge in [0, 0.05) is 10.5 Å². The Hall–Kier alpha value is -1.00. The average Bonchev–Trinajstić information content (AvgIpc) is 1.99. The molecule has 0 spiro atoms. The summed E-state index contributed by atoms with van der Waals surface area (Å²) in [6.07, 6.45) is -4.84.